The van der Waals surface area contributed by atoms with Crippen molar-refractivity contribution in [3.05, 3.63) is 178 Å². The molecule has 4 heteroatoms. The minimum atomic E-state index is -0.170. The lowest BCUT2D eigenvalue weighted by Crippen LogP contribution is -2.45. The Labute approximate surface area is 430 Å². The molecule has 0 atom stereocenters. The molecule has 0 saturated heterocycles. The van der Waals surface area contributed by atoms with Gasteiger partial charge in [-0.3, -0.25) is 0 Å². The second-order valence-corrected chi connectivity index (χ2v) is 26.3. The van der Waals surface area contributed by atoms with Gasteiger partial charge in [-0.15, -0.1) is 0 Å². The first-order valence-corrected chi connectivity index (χ1v) is 27.2. The van der Waals surface area contributed by atoms with Crippen molar-refractivity contribution in [1.82, 2.24) is 0 Å². The first-order chi connectivity index (χ1) is 34.2. The third kappa shape index (κ3) is 6.55. The van der Waals surface area contributed by atoms with Gasteiger partial charge in [0.2, 0.25) is 0 Å². The van der Waals surface area contributed by atoms with Crippen LogP contribution < -0.4 is 19.6 Å². The average molecular weight is 947 g/mol. The van der Waals surface area contributed by atoms with Crippen LogP contribution in [0.1, 0.15) is 153 Å². The topological polar surface area (TPSA) is 13.0 Å². The molecule has 0 radical (unpaired) electrons. The summed E-state index contributed by atoms with van der Waals surface area (Å²) in [6.45, 7) is 34.0. The van der Waals surface area contributed by atoms with Crippen LogP contribution in [0.3, 0.4) is 0 Å². The molecule has 7 aromatic rings. The predicted octanol–water partition coefficient (Wildman–Crippen LogP) is 17.6. The van der Waals surface area contributed by atoms with Crippen molar-refractivity contribution < 1.29 is 0 Å². The molecule has 6 aliphatic rings. The van der Waals surface area contributed by atoms with Gasteiger partial charge in [-0.2, -0.15) is 0 Å². The second-order valence-electron chi connectivity index (χ2n) is 26.3. The summed E-state index contributed by atoms with van der Waals surface area (Å²) >= 11 is 0. The van der Waals surface area contributed by atoms with Gasteiger partial charge >= 0.3 is 0 Å². The zero-order valence-corrected chi connectivity index (χ0v) is 45.1. The lowest BCUT2D eigenvalue weighted by atomic mass is 9.65. The van der Waals surface area contributed by atoms with Crippen LogP contribution in [0.15, 0.2) is 133 Å². The van der Waals surface area contributed by atoms with Gasteiger partial charge in [0.05, 0.1) is 17.1 Å². The molecule has 0 unspecified atom stereocenters. The molecule has 0 aliphatic carbocycles. The Morgan fingerprint density at radius 1 is 0.319 bits per heavy atom. The second kappa shape index (κ2) is 15.2. The van der Waals surface area contributed by atoms with E-state index in [0.29, 0.717) is 0 Å². The molecule has 13 rings (SSSR count). The Morgan fingerprint density at radius 3 is 1.03 bits per heavy atom. The Morgan fingerprint density at radius 2 is 0.653 bits per heavy atom. The van der Waals surface area contributed by atoms with Crippen LogP contribution in [0.25, 0.3) is 22.3 Å². The molecule has 0 fully saturated rings. The van der Waals surface area contributed by atoms with Gasteiger partial charge in [-0.1, -0.05) is 156 Å². The SMILES string of the molecule is CC1(C)CCN2CCC(C)(C)c3cc(N(c4ccc(-c5ccc(-c6cc7c8c(c6)C(C)(C)c6ccccc6N8c6ccccc6C7(C)C)cc5)cc4)c4cc5c6c(c4)C(C)(C)CCN6CCC5(C)C)cc1c32. The zero-order chi connectivity index (χ0) is 50.1. The van der Waals surface area contributed by atoms with Gasteiger partial charge in [-0.25, -0.2) is 0 Å². The zero-order valence-electron chi connectivity index (χ0n) is 45.1. The van der Waals surface area contributed by atoms with Crippen molar-refractivity contribution in [2.45, 2.75) is 141 Å². The largest absolute Gasteiger partial charge is 0.371 e. The highest BCUT2D eigenvalue weighted by molar-refractivity contribution is 5.94. The fourth-order valence-corrected chi connectivity index (χ4v) is 14.3. The molecule has 7 aromatic carbocycles. The van der Waals surface area contributed by atoms with E-state index in [1.54, 1.807) is 0 Å². The molecule has 4 nitrogen and oxygen atoms in total. The summed E-state index contributed by atoms with van der Waals surface area (Å²) in [6, 6.07) is 52.3. The van der Waals surface area contributed by atoms with E-state index < -0.39 is 0 Å². The minimum Gasteiger partial charge on any atom is -0.371 e. The normalized spacial score (nSPS) is 20.4. The van der Waals surface area contributed by atoms with Crippen LogP contribution >= 0.6 is 0 Å². The summed E-state index contributed by atoms with van der Waals surface area (Å²) in [6.07, 6.45) is 4.68. The highest BCUT2D eigenvalue weighted by Crippen LogP contribution is 2.61. The third-order valence-corrected chi connectivity index (χ3v) is 19.3. The lowest BCUT2D eigenvalue weighted by molar-refractivity contribution is 0.401. The van der Waals surface area contributed by atoms with Gasteiger partial charge in [0.1, 0.15) is 0 Å². The molecule has 6 heterocycles. The molecule has 0 aromatic heterocycles. The Balaban J connectivity index is 0.922. The van der Waals surface area contributed by atoms with E-state index in [1.807, 2.05) is 0 Å². The predicted molar refractivity (Wildman–Crippen MR) is 306 cm³/mol. The summed E-state index contributed by atoms with van der Waals surface area (Å²) in [5, 5.41) is 0. The molecular formula is C68H74N4. The lowest BCUT2D eigenvalue weighted by Gasteiger charge is -2.49. The summed E-state index contributed by atoms with van der Waals surface area (Å²) in [4.78, 5) is 10.6. The fourth-order valence-electron chi connectivity index (χ4n) is 14.3. The standard InChI is InChI=1S/C68H74N4/c1-63(2)29-33-69-34-30-64(3,4)53-40-48(39-52(63)60(53)69)71(49-41-54-61-55(42-49)66(7,8)32-36-70(61)35-31-65(54,5)6)47-27-25-44(26-28-47)43-21-23-45(24-22-43)46-37-56-62-57(38-46)68(11,12)51-18-14-16-20-59(51)72(62)58-19-15-13-17-50(58)67(56,9)10/h13-28,37-42H,29-36H2,1-12H3. The van der Waals surface area contributed by atoms with Crippen LogP contribution in [0.2, 0.25) is 0 Å². The summed E-state index contributed by atoms with van der Waals surface area (Å²) in [7, 11) is 0. The molecule has 6 aliphatic heterocycles. The molecular weight excluding hydrogens is 873 g/mol. The fraction of sp³-hybridized carbons (Fsp3) is 0.382. The summed E-state index contributed by atoms with van der Waals surface area (Å²) in [5.74, 6) is 0. The highest BCUT2D eigenvalue weighted by Gasteiger charge is 2.47. The highest BCUT2D eigenvalue weighted by atomic mass is 15.2. The molecule has 366 valence electrons. The molecule has 72 heavy (non-hydrogen) atoms. The number of hydrogen-bond donors (Lipinski definition) is 0. The Hall–Kier alpha value is -6.26. The monoisotopic (exact) mass is 947 g/mol. The number of anilines is 8. The van der Waals surface area contributed by atoms with Crippen molar-refractivity contribution in [2.24, 2.45) is 0 Å². The van der Waals surface area contributed by atoms with Gasteiger partial charge in [0.15, 0.2) is 0 Å². The van der Waals surface area contributed by atoms with E-state index in [2.05, 4.69) is 236 Å². The van der Waals surface area contributed by atoms with Crippen LogP contribution in [-0.2, 0) is 32.5 Å². The maximum atomic E-state index is 2.70. The number of fused-ring (bicyclic) bond motifs is 4. The van der Waals surface area contributed by atoms with Crippen molar-refractivity contribution in [1.29, 1.82) is 0 Å². The number of hydrogen-bond acceptors (Lipinski definition) is 4. The summed E-state index contributed by atoms with van der Waals surface area (Å²) < 4.78 is 0. The first kappa shape index (κ1) is 45.6. The molecule has 0 spiro atoms. The molecule has 0 bridgehead atoms. The van der Waals surface area contributed by atoms with Crippen LogP contribution in [0, 0.1) is 0 Å². The Bertz CT molecular complexity index is 3120. The van der Waals surface area contributed by atoms with Crippen molar-refractivity contribution >= 4 is 45.5 Å². The van der Waals surface area contributed by atoms with Crippen LogP contribution in [0.4, 0.5) is 45.5 Å². The minimum absolute atomic E-state index is 0.0812. The quantitative estimate of drug-likeness (QED) is 0.170. The number of benzene rings is 7. The smallest absolute Gasteiger partial charge is 0.0544 e. The van der Waals surface area contributed by atoms with Gasteiger partial charge in [0, 0.05) is 65.4 Å². The maximum Gasteiger partial charge on any atom is 0.0544 e. The van der Waals surface area contributed by atoms with Gasteiger partial charge in [-0.05, 0) is 175 Å². The van der Waals surface area contributed by atoms with Gasteiger partial charge < -0.3 is 19.6 Å². The number of rotatable bonds is 5. The van der Waals surface area contributed by atoms with Crippen molar-refractivity contribution in [3.63, 3.8) is 0 Å². The number of nitrogens with zero attached hydrogens (tertiary/aromatic N) is 4. The van der Waals surface area contributed by atoms with E-state index in [0.717, 1.165) is 26.2 Å². The van der Waals surface area contributed by atoms with E-state index >= 15 is 0 Å². The van der Waals surface area contributed by atoms with Crippen molar-refractivity contribution in [2.75, 3.05) is 45.8 Å². The van der Waals surface area contributed by atoms with Crippen molar-refractivity contribution in [3.8, 4) is 22.3 Å². The van der Waals surface area contributed by atoms with Crippen LogP contribution in [-0.4, -0.2) is 26.2 Å². The van der Waals surface area contributed by atoms with Gasteiger partial charge in [0.25, 0.3) is 0 Å². The molecule has 0 N–H and O–H groups in total. The van der Waals surface area contributed by atoms with Crippen LogP contribution in [0.5, 0.6) is 0 Å². The average Bonchev–Trinajstić information content (AvgIpc) is 3.35. The maximum absolute atomic E-state index is 2.70. The first-order valence-electron chi connectivity index (χ1n) is 27.2. The third-order valence-electron chi connectivity index (χ3n) is 19.3. The number of para-hydroxylation sites is 2. The van der Waals surface area contributed by atoms with E-state index in [1.165, 1.54) is 138 Å². The van der Waals surface area contributed by atoms with E-state index in [-0.39, 0.29) is 32.5 Å². The van der Waals surface area contributed by atoms with E-state index in [4.69, 9.17) is 0 Å². The van der Waals surface area contributed by atoms with E-state index in [9.17, 15) is 0 Å². The summed E-state index contributed by atoms with van der Waals surface area (Å²) in [5.41, 5.74) is 27.2. The Kier molecular flexibility index (Phi) is 9.60. The molecule has 0 amide bonds. The molecule has 0 saturated carbocycles.